The van der Waals surface area contributed by atoms with Gasteiger partial charge in [-0.25, -0.2) is 0 Å². The van der Waals surface area contributed by atoms with E-state index >= 15 is 0 Å². The van der Waals surface area contributed by atoms with Crippen molar-refractivity contribution in [3.63, 3.8) is 0 Å². The highest BCUT2D eigenvalue weighted by Crippen LogP contribution is 2.49. The van der Waals surface area contributed by atoms with Crippen LogP contribution in [0.2, 0.25) is 0 Å². The highest BCUT2D eigenvalue weighted by Gasteiger charge is 2.42. The Kier molecular flexibility index (Phi) is 2.74. The molecule has 1 aromatic rings. The van der Waals surface area contributed by atoms with Gasteiger partial charge in [-0.3, -0.25) is 11.3 Å². The Hall–Kier alpha value is -0.800. The van der Waals surface area contributed by atoms with Crippen LogP contribution in [0.5, 0.6) is 0 Å². The van der Waals surface area contributed by atoms with Crippen LogP contribution < -0.4 is 11.3 Å². The number of hydrazine groups is 1. The van der Waals surface area contributed by atoms with Crippen molar-refractivity contribution in [2.24, 2.45) is 23.6 Å². The lowest BCUT2D eigenvalue weighted by molar-refractivity contribution is 0.248. The van der Waals surface area contributed by atoms with E-state index in [4.69, 9.17) is 10.3 Å². The SMILES string of the molecule is NNC(Cc1ccoc1)C1CC2CCC1C2. The monoisotopic (exact) mass is 220 g/mol. The molecule has 2 aliphatic carbocycles. The predicted octanol–water partition coefficient (Wildman–Crippen LogP) is 2.09. The van der Waals surface area contributed by atoms with Crippen LogP contribution in [0.3, 0.4) is 0 Å². The summed E-state index contributed by atoms with van der Waals surface area (Å²) >= 11 is 0. The van der Waals surface area contributed by atoms with Gasteiger partial charge in [0.1, 0.15) is 0 Å². The zero-order valence-corrected chi connectivity index (χ0v) is 9.56. The zero-order chi connectivity index (χ0) is 11.0. The van der Waals surface area contributed by atoms with E-state index in [1.807, 2.05) is 12.3 Å². The van der Waals surface area contributed by atoms with E-state index < -0.39 is 0 Å². The van der Waals surface area contributed by atoms with Gasteiger partial charge in [-0.2, -0.15) is 0 Å². The number of hydrogen-bond acceptors (Lipinski definition) is 3. The molecule has 1 heterocycles. The van der Waals surface area contributed by atoms with E-state index in [1.54, 1.807) is 6.26 Å². The van der Waals surface area contributed by atoms with Crippen LogP contribution in [0.4, 0.5) is 0 Å². The average molecular weight is 220 g/mol. The minimum absolute atomic E-state index is 0.424. The van der Waals surface area contributed by atoms with Gasteiger partial charge in [-0.1, -0.05) is 6.42 Å². The first kappa shape index (κ1) is 10.4. The third-order valence-corrected chi connectivity index (χ3v) is 4.56. The van der Waals surface area contributed by atoms with Gasteiger partial charge in [0.05, 0.1) is 12.5 Å². The predicted molar refractivity (Wildman–Crippen MR) is 62.5 cm³/mol. The molecule has 4 atom stereocenters. The summed E-state index contributed by atoms with van der Waals surface area (Å²) in [6, 6.07) is 2.46. The molecule has 4 unspecified atom stereocenters. The maximum atomic E-state index is 5.72. The standard InChI is InChI=1S/C13H20N2O/c14-15-13(7-10-3-4-16-8-10)12-6-9-1-2-11(12)5-9/h3-4,8-9,11-13,15H,1-2,5-7,14H2. The molecule has 0 saturated heterocycles. The Labute approximate surface area is 96.4 Å². The first-order chi connectivity index (χ1) is 7.86. The average Bonchev–Trinajstić information content (AvgIpc) is 3.02. The van der Waals surface area contributed by atoms with Gasteiger partial charge in [-0.15, -0.1) is 0 Å². The minimum Gasteiger partial charge on any atom is -0.472 e. The van der Waals surface area contributed by atoms with Gasteiger partial charge < -0.3 is 4.42 Å². The molecule has 0 spiro atoms. The lowest BCUT2D eigenvalue weighted by Crippen LogP contribution is -2.44. The van der Waals surface area contributed by atoms with Crippen molar-refractivity contribution in [3.8, 4) is 0 Å². The minimum atomic E-state index is 0.424. The van der Waals surface area contributed by atoms with Crippen LogP contribution in [0.25, 0.3) is 0 Å². The number of hydrogen-bond donors (Lipinski definition) is 2. The summed E-state index contributed by atoms with van der Waals surface area (Å²) in [5.41, 5.74) is 4.28. The summed E-state index contributed by atoms with van der Waals surface area (Å²) < 4.78 is 5.12. The lowest BCUT2D eigenvalue weighted by atomic mass is 9.81. The summed E-state index contributed by atoms with van der Waals surface area (Å²) in [6.45, 7) is 0. The van der Waals surface area contributed by atoms with Crippen molar-refractivity contribution in [1.29, 1.82) is 0 Å². The number of nitrogens with two attached hydrogens (primary N) is 1. The molecule has 16 heavy (non-hydrogen) atoms. The van der Waals surface area contributed by atoms with Gasteiger partial charge in [0, 0.05) is 6.04 Å². The molecular weight excluding hydrogens is 200 g/mol. The quantitative estimate of drug-likeness (QED) is 0.603. The maximum absolute atomic E-state index is 5.72. The van der Waals surface area contributed by atoms with Crippen molar-refractivity contribution >= 4 is 0 Å². The molecule has 0 amide bonds. The summed E-state index contributed by atoms with van der Waals surface area (Å²) in [7, 11) is 0. The molecule has 0 radical (unpaired) electrons. The fourth-order valence-corrected chi connectivity index (χ4v) is 3.78. The normalized spacial score (nSPS) is 34.4. The van der Waals surface area contributed by atoms with Crippen molar-refractivity contribution in [1.82, 2.24) is 5.43 Å². The molecule has 3 nitrogen and oxygen atoms in total. The Bertz CT molecular complexity index is 336. The van der Waals surface area contributed by atoms with Crippen LogP contribution in [0.15, 0.2) is 23.0 Å². The fraction of sp³-hybridized carbons (Fsp3) is 0.692. The van der Waals surface area contributed by atoms with Crippen molar-refractivity contribution < 1.29 is 4.42 Å². The number of rotatable bonds is 4. The fourth-order valence-electron chi connectivity index (χ4n) is 3.78. The molecule has 0 aromatic carbocycles. The van der Waals surface area contributed by atoms with Crippen LogP contribution in [0, 0.1) is 17.8 Å². The largest absolute Gasteiger partial charge is 0.472 e. The molecule has 88 valence electrons. The third kappa shape index (κ3) is 1.78. The van der Waals surface area contributed by atoms with Gasteiger partial charge in [0.2, 0.25) is 0 Å². The second-order valence-electron chi connectivity index (χ2n) is 5.45. The topological polar surface area (TPSA) is 51.2 Å². The van der Waals surface area contributed by atoms with Crippen molar-refractivity contribution in [2.45, 2.75) is 38.1 Å². The molecule has 3 rings (SSSR count). The zero-order valence-electron chi connectivity index (χ0n) is 9.56. The van der Waals surface area contributed by atoms with E-state index in [0.29, 0.717) is 6.04 Å². The van der Waals surface area contributed by atoms with Gasteiger partial charge in [-0.05, 0) is 55.1 Å². The Morgan fingerprint density at radius 1 is 1.44 bits per heavy atom. The maximum Gasteiger partial charge on any atom is 0.0935 e. The molecule has 2 aliphatic rings. The molecule has 0 aliphatic heterocycles. The first-order valence-corrected chi connectivity index (χ1v) is 6.34. The number of furan rings is 1. The molecule has 1 aromatic heterocycles. The second kappa shape index (κ2) is 4.22. The molecule has 2 bridgehead atoms. The Balaban J connectivity index is 1.67. The number of nitrogens with one attached hydrogen (secondary N) is 1. The highest BCUT2D eigenvalue weighted by atomic mass is 16.3. The van der Waals surface area contributed by atoms with E-state index in [9.17, 15) is 0 Å². The summed E-state index contributed by atoms with van der Waals surface area (Å²) in [5, 5.41) is 0. The smallest absolute Gasteiger partial charge is 0.0935 e. The highest BCUT2D eigenvalue weighted by molar-refractivity contribution is 5.09. The van der Waals surface area contributed by atoms with Gasteiger partial charge in [0.15, 0.2) is 0 Å². The van der Waals surface area contributed by atoms with E-state index in [0.717, 1.165) is 24.2 Å². The number of fused-ring (bicyclic) bond motifs is 2. The summed E-state index contributed by atoms with van der Waals surface area (Å²) in [5.74, 6) is 8.39. The van der Waals surface area contributed by atoms with Crippen LogP contribution in [-0.4, -0.2) is 6.04 Å². The molecule has 2 saturated carbocycles. The second-order valence-corrected chi connectivity index (χ2v) is 5.45. The molecule has 3 N–H and O–H groups in total. The lowest BCUT2D eigenvalue weighted by Gasteiger charge is -2.29. The molecular formula is C13H20N2O. The molecule has 2 fully saturated rings. The van der Waals surface area contributed by atoms with Crippen LogP contribution >= 0.6 is 0 Å². The van der Waals surface area contributed by atoms with Crippen molar-refractivity contribution in [2.75, 3.05) is 0 Å². The summed E-state index contributed by atoms with van der Waals surface area (Å²) in [4.78, 5) is 0. The van der Waals surface area contributed by atoms with Gasteiger partial charge in [0.25, 0.3) is 0 Å². The third-order valence-electron chi connectivity index (χ3n) is 4.56. The van der Waals surface area contributed by atoms with Gasteiger partial charge >= 0.3 is 0 Å². The van der Waals surface area contributed by atoms with Crippen molar-refractivity contribution in [3.05, 3.63) is 24.2 Å². The van der Waals surface area contributed by atoms with E-state index in [2.05, 4.69) is 5.43 Å². The van der Waals surface area contributed by atoms with Crippen LogP contribution in [-0.2, 0) is 6.42 Å². The van der Waals surface area contributed by atoms with E-state index in [-0.39, 0.29) is 0 Å². The van der Waals surface area contributed by atoms with E-state index in [1.165, 1.54) is 31.2 Å². The summed E-state index contributed by atoms with van der Waals surface area (Å²) in [6.07, 6.45) is 10.2. The molecule has 3 heteroatoms. The Morgan fingerprint density at radius 2 is 2.38 bits per heavy atom. The Morgan fingerprint density at radius 3 is 2.94 bits per heavy atom. The first-order valence-electron chi connectivity index (χ1n) is 6.34. The van der Waals surface area contributed by atoms with Crippen LogP contribution in [0.1, 0.15) is 31.2 Å².